The van der Waals surface area contributed by atoms with Crippen molar-refractivity contribution < 1.29 is 14.7 Å². The Morgan fingerprint density at radius 2 is 1.92 bits per heavy atom. The van der Waals surface area contributed by atoms with Crippen LogP contribution in [0.4, 0.5) is 5.69 Å². The SMILES string of the molecule is O=C(O)c1ccc(N2C(=O)/C(=C/c3cccc(Cl)c3)SC2=S)cc1. The van der Waals surface area contributed by atoms with Crippen LogP contribution in [-0.2, 0) is 4.79 Å². The molecule has 1 N–H and O–H groups in total. The van der Waals surface area contributed by atoms with E-state index in [4.69, 9.17) is 28.9 Å². The first-order valence-electron chi connectivity index (χ1n) is 6.82. The number of anilines is 1. The van der Waals surface area contributed by atoms with Crippen molar-refractivity contribution in [1.82, 2.24) is 0 Å². The van der Waals surface area contributed by atoms with Crippen molar-refractivity contribution in [1.29, 1.82) is 0 Å². The van der Waals surface area contributed by atoms with Gasteiger partial charge in [0.15, 0.2) is 4.32 Å². The summed E-state index contributed by atoms with van der Waals surface area (Å²) in [6.45, 7) is 0. The minimum absolute atomic E-state index is 0.152. The summed E-state index contributed by atoms with van der Waals surface area (Å²) in [7, 11) is 0. The van der Waals surface area contributed by atoms with E-state index in [1.54, 1.807) is 36.4 Å². The fourth-order valence-electron chi connectivity index (χ4n) is 2.19. The summed E-state index contributed by atoms with van der Waals surface area (Å²) >= 11 is 12.4. The number of hydrogen-bond donors (Lipinski definition) is 1. The minimum Gasteiger partial charge on any atom is -0.478 e. The molecule has 0 saturated carbocycles. The van der Waals surface area contributed by atoms with Gasteiger partial charge >= 0.3 is 5.97 Å². The monoisotopic (exact) mass is 375 g/mol. The Bertz CT molecular complexity index is 878. The summed E-state index contributed by atoms with van der Waals surface area (Å²) in [4.78, 5) is 25.4. The van der Waals surface area contributed by atoms with Gasteiger partial charge in [-0.1, -0.05) is 47.7 Å². The Morgan fingerprint density at radius 3 is 2.54 bits per heavy atom. The van der Waals surface area contributed by atoms with Crippen molar-refractivity contribution in [2.75, 3.05) is 4.90 Å². The lowest BCUT2D eigenvalue weighted by Gasteiger charge is -2.14. The number of hydrogen-bond acceptors (Lipinski definition) is 4. The Labute approximate surface area is 152 Å². The molecule has 0 radical (unpaired) electrons. The van der Waals surface area contributed by atoms with Gasteiger partial charge < -0.3 is 5.11 Å². The highest BCUT2D eigenvalue weighted by atomic mass is 35.5. The second kappa shape index (κ2) is 6.76. The number of rotatable bonds is 3. The molecule has 0 bridgehead atoms. The summed E-state index contributed by atoms with van der Waals surface area (Å²) in [5, 5.41) is 9.53. The molecular formula is C17H10ClNO3S2. The van der Waals surface area contributed by atoms with Gasteiger partial charge in [0.1, 0.15) is 0 Å². The van der Waals surface area contributed by atoms with Gasteiger partial charge in [0, 0.05) is 5.02 Å². The van der Waals surface area contributed by atoms with Gasteiger partial charge in [-0.3, -0.25) is 9.69 Å². The van der Waals surface area contributed by atoms with Crippen LogP contribution in [0.2, 0.25) is 5.02 Å². The predicted molar refractivity (Wildman–Crippen MR) is 101 cm³/mol. The largest absolute Gasteiger partial charge is 0.478 e. The van der Waals surface area contributed by atoms with Gasteiger partial charge in [0.2, 0.25) is 0 Å². The number of halogens is 1. The van der Waals surface area contributed by atoms with E-state index in [9.17, 15) is 9.59 Å². The molecule has 1 amide bonds. The quantitative estimate of drug-likeness (QED) is 0.634. The highest BCUT2D eigenvalue weighted by Gasteiger charge is 2.33. The maximum Gasteiger partial charge on any atom is 0.335 e. The van der Waals surface area contributed by atoms with Gasteiger partial charge in [-0.25, -0.2) is 4.79 Å². The summed E-state index contributed by atoms with van der Waals surface area (Å²) in [6.07, 6.45) is 1.73. The number of carboxylic acid groups (broad SMARTS) is 1. The predicted octanol–water partition coefficient (Wildman–Crippen LogP) is 4.44. The standard InChI is InChI=1S/C17H10ClNO3S2/c18-12-3-1-2-10(8-12)9-14-15(20)19(17(23)24-14)13-6-4-11(5-7-13)16(21)22/h1-9H,(H,21,22)/b14-9-. The van der Waals surface area contributed by atoms with Crippen molar-refractivity contribution in [3.05, 3.63) is 69.6 Å². The molecule has 1 fully saturated rings. The Balaban J connectivity index is 1.90. The molecule has 1 heterocycles. The molecule has 120 valence electrons. The number of thiocarbonyl (C=S) groups is 1. The molecule has 0 aliphatic carbocycles. The number of aromatic carboxylic acids is 1. The van der Waals surface area contributed by atoms with Crippen LogP contribution in [0.25, 0.3) is 6.08 Å². The molecule has 0 spiro atoms. The number of carbonyl (C=O) groups is 2. The molecule has 1 aliphatic heterocycles. The number of carboxylic acids is 1. The average Bonchev–Trinajstić information content (AvgIpc) is 2.81. The Kier molecular flexibility index (Phi) is 4.71. The van der Waals surface area contributed by atoms with Crippen LogP contribution >= 0.6 is 35.6 Å². The molecule has 2 aromatic rings. The van der Waals surface area contributed by atoms with Crippen molar-refractivity contribution in [2.45, 2.75) is 0 Å². The molecule has 0 aromatic heterocycles. The van der Waals surface area contributed by atoms with Crippen molar-refractivity contribution >= 4 is 63.5 Å². The van der Waals surface area contributed by atoms with Crippen LogP contribution in [0, 0.1) is 0 Å². The van der Waals surface area contributed by atoms with E-state index in [1.165, 1.54) is 28.8 Å². The molecule has 2 aromatic carbocycles. The smallest absolute Gasteiger partial charge is 0.335 e. The molecule has 0 atom stereocenters. The first-order chi connectivity index (χ1) is 11.5. The first kappa shape index (κ1) is 16.7. The zero-order chi connectivity index (χ0) is 17.3. The third-order valence-electron chi connectivity index (χ3n) is 3.31. The van der Waals surface area contributed by atoms with Crippen LogP contribution < -0.4 is 4.90 Å². The molecular weight excluding hydrogens is 366 g/mol. The fraction of sp³-hybridized carbons (Fsp3) is 0. The Morgan fingerprint density at radius 1 is 1.21 bits per heavy atom. The summed E-state index contributed by atoms with van der Waals surface area (Å²) in [5.74, 6) is -1.26. The van der Waals surface area contributed by atoms with Gasteiger partial charge in [0.05, 0.1) is 16.2 Å². The van der Waals surface area contributed by atoms with E-state index in [2.05, 4.69) is 0 Å². The lowest BCUT2D eigenvalue weighted by molar-refractivity contribution is -0.113. The maximum atomic E-state index is 12.6. The van der Waals surface area contributed by atoms with Gasteiger partial charge in [-0.15, -0.1) is 0 Å². The topological polar surface area (TPSA) is 57.6 Å². The highest BCUT2D eigenvalue weighted by Crippen LogP contribution is 2.36. The molecule has 24 heavy (non-hydrogen) atoms. The van der Waals surface area contributed by atoms with Crippen LogP contribution in [0.5, 0.6) is 0 Å². The lowest BCUT2D eigenvalue weighted by atomic mass is 10.2. The molecule has 0 unspecified atom stereocenters. The third-order valence-corrected chi connectivity index (χ3v) is 4.85. The van der Waals surface area contributed by atoms with Crippen molar-refractivity contribution in [3.8, 4) is 0 Å². The Hall–Kier alpha value is -2.15. The number of benzene rings is 2. The van der Waals surface area contributed by atoms with Crippen molar-refractivity contribution in [3.63, 3.8) is 0 Å². The van der Waals surface area contributed by atoms with E-state index < -0.39 is 5.97 Å². The number of nitrogens with zero attached hydrogens (tertiary/aromatic N) is 1. The van der Waals surface area contributed by atoms with Gasteiger partial charge in [-0.2, -0.15) is 0 Å². The normalized spacial score (nSPS) is 16.0. The average molecular weight is 376 g/mol. The fourth-order valence-corrected chi connectivity index (χ4v) is 3.69. The van der Waals surface area contributed by atoms with E-state index >= 15 is 0 Å². The third kappa shape index (κ3) is 3.36. The molecule has 4 nitrogen and oxygen atoms in total. The number of carbonyl (C=O) groups excluding carboxylic acids is 1. The molecule has 3 rings (SSSR count). The molecule has 7 heteroatoms. The van der Waals surface area contributed by atoms with Gasteiger partial charge in [-0.05, 0) is 48.0 Å². The summed E-state index contributed by atoms with van der Waals surface area (Å²) in [6, 6.07) is 13.2. The number of thioether (sulfide) groups is 1. The van der Waals surface area contributed by atoms with Crippen LogP contribution in [-0.4, -0.2) is 21.3 Å². The van der Waals surface area contributed by atoms with Gasteiger partial charge in [0.25, 0.3) is 5.91 Å². The van der Waals surface area contributed by atoms with Crippen LogP contribution in [0.3, 0.4) is 0 Å². The van der Waals surface area contributed by atoms with Crippen LogP contribution in [0.1, 0.15) is 15.9 Å². The van der Waals surface area contributed by atoms with E-state index in [0.717, 1.165) is 5.56 Å². The first-order valence-corrected chi connectivity index (χ1v) is 8.43. The van der Waals surface area contributed by atoms with Crippen LogP contribution in [0.15, 0.2) is 53.4 Å². The van der Waals surface area contributed by atoms with E-state index in [1.807, 2.05) is 6.07 Å². The van der Waals surface area contributed by atoms with E-state index in [-0.39, 0.29) is 11.5 Å². The number of amides is 1. The minimum atomic E-state index is -1.02. The van der Waals surface area contributed by atoms with E-state index in [0.29, 0.717) is 19.9 Å². The maximum absolute atomic E-state index is 12.6. The molecule has 1 saturated heterocycles. The lowest BCUT2D eigenvalue weighted by Crippen LogP contribution is -2.27. The second-order valence-corrected chi connectivity index (χ2v) is 7.04. The second-order valence-electron chi connectivity index (χ2n) is 4.92. The zero-order valence-corrected chi connectivity index (χ0v) is 14.5. The highest BCUT2D eigenvalue weighted by molar-refractivity contribution is 8.27. The molecule has 1 aliphatic rings. The zero-order valence-electron chi connectivity index (χ0n) is 12.1. The van der Waals surface area contributed by atoms with Crippen molar-refractivity contribution in [2.24, 2.45) is 0 Å². The summed E-state index contributed by atoms with van der Waals surface area (Å²) in [5.41, 5.74) is 1.50. The summed E-state index contributed by atoms with van der Waals surface area (Å²) < 4.78 is 0.399.